The fourth-order valence-corrected chi connectivity index (χ4v) is 5.44. The molecule has 41 heavy (non-hydrogen) atoms. The van der Waals surface area contributed by atoms with Crippen molar-refractivity contribution in [2.24, 2.45) is 4.99 Å². The summed E-state index contributed by atoms with van der Waals surface area (Å²) in [7, 11) is 0. The van der Waals surface area contributed by atoms with Crippen LogP contribution in [0.25, 0.3) is 5.69 Å². The molecule has 0 saturated carbocycles. The first kappa shape index (κ1) is 27.8. The number of urea groups is 1. The number of aryl methyl sites for hydroxylation is 3. The third kappa shape index (κ3) is 6.36. The van der Waals surface area contributed by atoms with E-state index < -0.39 is 6.03 Å². The molecule has 1 aliphatic rings. The molecule has 4 aromatic rings. The largest absolute Gasteiger partial charge is 0.347 e. The standard InChI is InChI=1S/C31H29N7O2S/c1-20(2)25-6-4-5-7-27(25)38-29(39)18-41-31(38)35-30(40)34-24-12-9-22(10-13-24)11-15-28-33-19-37(36-28)26-14-8-21(3)16-23(26)17-32/h4-10,12-14,16,19-20H,11,15,18H2,1-3H3,(H,34,40)/b35-31-. The van der Waals surface area contributed by atoms with Crippen LogP contribution in [0, 0.1) is 18.3 Å². The van der Waals surface area contributed by atoms with E-state index in [-0.39, 0.29) is 17.6 Å². The maximum atomic E-state index is 12.8. The van der Waals surface area contributed by atoms with Gasteiger partial charge in [-0.25, -0.2) is 14.5 Å². The Kier molecular flexibility index (Phi) is 8.26. The van der Waals surface area contributed by atoms with Crippen LogP contribution < -0.4 is 10.2 Å². The molecule has 0 radical (unpaired) electrons. The third-order valence-electron chi connectivity index (χ3n) is 6.66. The first-order chi connectivity index (χ1) is 19.8. The Morgan fingerprint density at radius 1 is 1.10 bits per heavy atom. The number of hydrogen-bond donors (Lipinski definition) is 1. The molecular formula is C31H29N7O2S. The number of hydrogen-bond acceptors (Lipinski definition) is 6. The second-order valence-corrected chi connectivity index (χ2v) is 10.9. The lowest BCUT2D eigenvalue weighted by Crippen LogP contribution is -2.31. The van der Waals surface area contributed by atoms with Gasteiger partial charge in [0, 0.05) is 12.1 Å². The number of nitrogens with zero attached hydrogens (tertiary/aromatic N) is 6. The van der Waals surface area contributed by atoms with E-state index in [1.165, 1.54) is 16.7 Å². The fourth-order valence-electron chi connectivity index (χ4n) is 4.58. The SMILES string of the molecule is Cc1ccc(-n2cnc(CCc3ccc(NC(=O)/N=C4\SCC(=O)N4c4ccccc4C(C)C)cc3)n2)c(C#N)c1. The Bertz CT molecular complexity index is 1670. The van der Waals surface area contributed by atoms with Gasteiger partial charge in [0.15, 0.2) is 11.0 Å². The van der Waals surface area contributed by atoms with Crippen molar-refractivity contribution in [1.82, 2.24) is 14.8 Å². The summed E-state index contributed by atoms with van der Waals surface area (Å²) >= 11 is 1.26. The highest BCUT2D eigenvalue weighted by atomic mass is 32.2. The van der Waals surface area contributed by atoms with Gasteiger partial charge in [0.05, 0.1) is 22.7 Å². The van der Waals surface area contributed by atoms with Crippen molar-refractivity contribution in [2.75, 3.05) is 16.0 Å². The minimum atomic E-state index is -0.537. The van der Waals surface area contributed by atoms with Crippen LogP contribution >= 0.6 is 11.8 Å². The van der Waals surface area contributed by atoms with Crippen LogP contribution in [0.3, 0.4) is 0 Å². The van der Waals surface area contributed by atoms with Crippen LogP contribution in [0.5, 0.6) is 0 Å². The summed E-state index contributed by atoms with van der Waals surface area (Å²) in [6, 6.07) is 22.5. The molecule has 2 heterocycles. The summed E-state index contributed by atoms with van der Waals surface area (Å²) in [6.07, 6.45) is 2.96. The average Bonchev–Trinajstić information content (AvgIpc) is 3.58. The van der Waals surface area contributed by atoms with Crippen molar-refractivity contribution >= 4 is 40.2 Å². The molecule has 0 aliphatic carbocycles. The molecule has 1 aromatic heterocycles. The maximum Gasteiger partial charge on any atom is 0.347 e. The second-order valence-electron chi connectivity index (χ2n) is 9.99. The molecule has 0 atom stereocenters. The molecule has 1 saturated heterocycles. The van der Waals surface area contributed by atoms with Gasteiger partial charge >= 0.3 is 6.03 Å². The monoisotopic (exact) mass is 563 g/mol. The number of nitrogens with one attached hydrogen (secondary N) is 1. The lowest BCUT2D eigenvalue weighted by atomic mass is 10.0. The van der Waals surface area contributed by atoms with E-state index >= 15 is 0 Å². The minimum Gasteiger partial charge on any atom is -0.306 e. The Morgan fingerprint density at radius 3 is 2.63 bits per heavy atom. The van der Waals surface area contributed by atoms with E-state index in [4.69, 9.17) is 0 Å². The van der Waals surface area contributed by atoms with Gasteiger partial charge in [0.2, 0.25) is 5.91 Å². The van der Waals surface area contributed by atoms with E-state index in [1.807, 2.05) is 73.7 Å². The minimum absolute atomic E-state index is 0.0947. The normalized spacial score (nSPS) is 14.1. The number of nitriles is 1. The molecular weight excluding hydrogens is 534 g/mol. The fraction of sp³-hybridized carbons (Fsp3) is 0.226. The van der Waals surface area contributed by atoms with Gasteiger partial charge in [-0.15, -0.1) is 0 Å². The molecule has 3 amide bonds. The first-order valence-corrected chi connectivity index (χ1v) is 14.3. The zero-order valence-corrected chi connectivity index (χ0v) is 23.9. The predicted octanol–water partition coefficient (Wildman–Crippen LogP) is 6.02. The van der Waals surface area contributed by atoms with E-state index in [9.17, 15) is 14.9 Å². The second kappa shape index (κ2) is 12.2. The summed E-state index contributed by atoms with van der Waals surface area (Å²) in [4.78, 5) is 35.6. The molecule has 1 fully saturated rings. The van der Waals surface area contributed by atoms with Gasteiger partial charge in [-0.3, -0.25) is 9.69 Å². The number of aliphatic imine (C=N–C) groups is 1. The van der Waals surface area contributed by atoms with Crippen molar-refractivity contribution in [3.63, 3.8) is 0 Å². The molecule has 3 aromatic carbocycles. The summed E-state index contributed by atoms with van der Waals surface area (Å²) in [6.45, 7) is 6.08. The van der Waals surface area contributed by atoms with Crippen LogP contribution in [0.1, 0.15) is 47.8 Å². The summed E-state index contributed by atoms with van der Waals surface area (Å²) in [5.74, 6) is 1.04. The van der Waals surface area contributed by atoms with Gasteiger partial charge in [-0.05, 0) is 66.3 Å². The van der Waals surface area contributed by atoms with E-state index in [2.05, 4.69) is 40.3 Å². The number of benzene rings is 3. The Morgan fingerprint density at radius 2 is 1.88 bits per heavy atom. The summed E-state index contributed by atoms with van der Waals surface area (Å²) < 4.78 is 1.63. The van der Waals surface area contributed by atoms with Crippen LogP contribution in [-0.2, 0) is 17.6 Å². The van der Waals surface area contributed by atoms with Crippen LogP contribution in [0.4, 0.5) is 16.2 Å². The van der Waals surface area contributed by atoms with E-state index in [0.29, 0.717) is 40.8 Å². The first-order valence-electron chi connectivity index (χ1n) is 13.3. The van der Waals surface area contributed by atoms with Gasteiger partial charge in [-0.1, -0.05) is 62.0 Å². The Balaban J connectivity index is 1.21. The third-order valence-corrected chi connectivity index (χ3v) is 7.59. The van der Waals surface area contributed by atoms with Gasteiger partial charge < -0.3 is 5.32 Å². The predicted molar refractivity (Wildman–Crippen MR) is 162 cm³/mol. The number of amides is 3. The number of rotatable bonds is 7. The number of para-hydroxylation sites is 1. The molecule has 10 heteroatoms. The molecule has 5 rings (SSSR count). The molecule has 206 valence electrons. The van der Waals surface area contributed by atoms with E-state index in [0.717, 1.165) is 22.4 Å². The van der Waals surface area contributed by atoms with Crippen molar-refractivity contribution in [3.8, 4) is 11.8 Å². The summed E-state index contributed by atoms with van der Waals surface area (Å²) in [5, 5.41) is 17.2. The summed E-state index contributed by atoms with van der Waals surface area (Å²) in [5.41, 5.74) is 5.72. The Labute approximate surface area is 242 Å². The average molecular weight is 564 g/mol. The number of anilines is 2. The topological polar surface area (TPSA) is 116 Å². The highest BCUT2D eigenvalue weighted by Crippen LogP contribution is 2.33. The lowest BCUT2D eigenvalue weighted by Gasteiger charge is -2.21. The maximum absolute atomic E-state index is 12.8. The number of amidine groups is 1. The zero-order valence-electron chi connectivity index (χ0n) is 23.0. The van der Waals surface area contributed by atoms with E-state index in [1.54, 1.807) is 11.0 Å². The number of thioether (sulfide) groups is 1. The quantitative estimate of drug-likeness (QED) is 0.294. The van der Waals surface area contributed by atoms with Gasteiger partial charge in [-0.2, -0.15) is 15.4 Å². The Hall–Kier alpha value is -4.75. The van der Waals surface area contributed by atoms with Gasteiger partial charge in [0.1, 0.15) is 12.4 Å². The molecule has 1 N–H and O–H groups in total. The number of carbonyl (C=O) groups excluding carboxylic acids is 2. The molecule has 9 nitrogen and oxygen atoms in total. The molecule has 1 aliphatic heterocycles. The van der Waals surface area contributed by atoms with Crippen molar-refractivity contribution in [2.45, 2.75) is 39.5 Å². The molecule has 0 unspecified atom stereocenters. The van der Waals surface area contributed by atoms with Crippen LogP contribution in [0.2, 0.25) is 0 Å². The van der Waals surface area contributed by atoms with Crippen molar-refractivity contribution in [1.29, 1.82) is 5.26 Å². The molecule has 0 bridgehead atoms. The van der Waals surface area contributed by atoms with Crippen molar-refractivity contribution < 1.29 is 9.59 Å². The van der Waals surface area contributed by atoms with Crippen molar-refractivity contribution in [3.05, 3.63) is 101 Å². The lowest BCUT2D eigenvalue weighted by molar-refractivity contribution is -0.115. The highest BCUT2D eigenvalue weighted by molar-refractivity contribution is 8.15. The smallest absolute Gasteiger partial charge is 0.306 e. The van der Waals surface area contributed by atoms with Crippen LogP contribution in [-0.4, -0.2) is 37.6 Å². The van der Waals surface area contributed by atoms with Crippen LogP contribution in [0.15, 0.2) is 78.0 Å². The number of aromatic nitrogens is 3. The number of carbonyl (C=O) groups is 2. The zero-order chi connectivity index (χ0) is 28.9. The molecule has 0 spiro atoms. The highest BCUT2D eigenvalue weighted by Gasteiger charge is 2.32. The van der Waals surface area contributed by atoms with Gasteiger partial charge in [0.25, 0.3) is 0 Å².